The molecule has 2 N–H and O–H groups in total. The van der Waals surface area contributed by atoms with Crippen LogP contribution < -0.4 is 15.4 Å². The fourth-order valence-corrected chi connectivity index (χ4v) is 2.74. The number of nitro benzene ring substituents is 1. The lowest BCUT2D eigenvalue weighted by molar-refractivity contribution is -0.384. The van der Waals surface area contributed by atoms with E-state index in [-0.39, 0.29) is 23.2 Å². The first kappa shape index (κ1) is 16.9. The van der Waals surface area contributed by atoms with Crippen LogP contribution in [0.5, 0.6) is 11.5 Å². The van der Waals surface area contributed by atoms with E-state index in [1.165, 1.54) is 18.2 Å². The third-order valence-electron chi connectivity index (χ3n) is 4.06. The van der Waals surface area contributed by atoms with E-state index in [2.05, 4.69) is 10.6 Å². The number of amides is 1. The van der Waals surface area contributed by atoms with E-state index < -0.39 is 4.92 Å². The molecule has 7 heteroatoms. The smallest absolute Gasteiger partial charge is 0.270 e. The highest BCUT2D eigenvalue weighted by Crippen LogP contribution is 2.29. The van der Waals surface area contributed by atoms with E-state index in [0.717, 1.165) is 25.9 Å². The molecule has 0 radical (unpaired) electrons. The number of benzene rings is 2. The van der Waals surface area contributed by atoms with Gasteiger partial charge >= 0.3 is 0 Å². The lowest BCUT2D eigenvalue weighted by atomic mass is 10.1. The lowest BCUT2D eigenvalue weighted by Crippen LogP contribution is -2.42. The molecule has 0 atom stereocenters. The van der Waals surface area contributed by atoms with Crippen molar-refractivity contribution in [2.75, 3.05) is 13.1 Å². The monoisotopic (exact) mass is 341 g/mol. The second kappa shape index (κ2) is 7.76. The zero-order valence-corrected chi connectivity index (χ0v) is 13.6. The Labute approximate surface area is 145 Å². The van der Waals surface area contributed by atoms with Gasteiger partial charge in [0.1, 0.15) is 11.5 Å². The molecular formula is C18H19N3O4. The molecule has 1 aliphatic rings. The first-order valence-corrected chi connectivity index (χ1v) is 8.16. The van der Waals surface area contributed by atoms with Gasteiger partial charge in [-0.25, -0.2) is 0 Å². The Balaban J connectivity index is 1.86. The number of hydrogen-bond acceptors (Lipinski definition) is 5. The van der Waals surface area contributed by atoms with Crippen LogP contribution in [0.1, 0.15) is 23.2 Å². The highest BCUT2D eigenvalue weighted by Gasteiger charge is 2.22. The first-order chi connectivity index (χ1) is 12.1. The fourth-order valence-electron chi connectivity index (χ4n) is 2.74. The SMILES string of the molecule is O=C(NC1CCNCC1)c1cc([N+](=O)[O-])ccc1Oc1ccccc1. The molecule has 2 aromatic carbocycles. The van der Waals surface area contributed by atoms with Crippen LogP contribution in [0.3, 0.4) is 0 Å². The molecule has 0 spiro atoms. The van der Waals surface area contributed by atoms with Crippen molar-refractivity contribution in [3.05, 3.63) is 64.2 Å². The molecule has 0 aromatic heterocycles. The number of para-hydroxylation sites is 1. The lowest BCUT2D eigenvalue weighted by Gasteiger charge is -2.24. The maximum atomic E-state index is 12.7. The van der Waals surface area contributed by atoms with Gasteiger partial charge in [-0.05, 0) is 44.1 Å². The van der Waals surface area contributed by atoms with Crippen molar-refractivity contribution in [2.45, 2.75) is 18.9 Å². The van der Waals surface area contributed by atoms with Crippen LogP contribution in [0, 0.1) is 10.1 Å². The Hall–Kier alpha value is -2.93. The van der Waals surface area contributed by atoms with Crippen LogP contribution in [0.25, 0.3) is 0 Å². The van der Waals surface area contributed by atoms with Gasteiger partial charge in [-0.15, -0.1) is 0 Å². The number of nitro groups is 1. The van der Waals surface area contributed by atoms with Gasteiger partial charge in [0.05, 0.1) is 10.5 Å². The van der Waals surface area contributed by atoms with Crippen molar-refractivity contribution < 1.29 is 14.5 Å². The second-order valence-electron chi connectivity index (χ2n) is 5.85. The van der Waals surface area contributed by atoms with Gasteiger partial charge in [-0.3, -0.25) is 14.9 Å². The molecule has 25 heavy (non-hydrogen) atoms. The molecule has 0 aliphatic carbocycles. The van der Waals surface area contributed by atoms with Crippen LogP contribution in [0.2, 0.25) is 0 Å². The third kappa shape index (κ3) is 4.33. The molecule has 1 amide bonds. The highest BCUT2D eigenvalue weighted by atomic mass is 16.6. The minimum Gasteiger partial charge on any atom is -0.457 e. The molecule has 1 saturated heterocycles. The molecule has 0 bridgehead atoms. The van der Waals surface area contributed by atoms with Gasteiger partial charge < -0.3 is 15.4 Å². The van der Waals surface area contributed by atoms with Crippen molar-refractivity contribution in [2.24, 2.45) is 0 Å². The zero-order valence-electron chi connectivity index (χ0n) is 13.6. The summed E-state index contributed by atoms with van der Waals surface area (Å²) in [4.78, 5) is 23.2. The number of rotatable bonds is 5. The van der Waals surface area contributed by atoms with E-state index in [1.54, 1.807) is 12.1 Å². The second-order valence-corrected chi connectivity index (χ2v) is 5.85. The molecule has 130 valence electrons. The van der Waals surface area contributed by atoms with E-state index in [9.17, 15) is 14.9 Å². The number of nitrogens with one attached hydrogen (secondary N) is 2. The molecule has 7 nitrogen and oxygen atoms in total. The largest absolute Gasteiger partial charge is 0.457 e. The zero-order chi connectivity index (χ0) is 17.6. The number of ether oxygens (including phenoxy) is 1. The first-order valence-electron chi connectivity index (χ1n) is 8.16. The summed E-state index contributed by atoms with van der Waals surface area (Å²) in [5, 5.41) is 17.2. The van der Waals surface area contributed by atoms with Gasteiger partial charge in [0.25, 0.3) is 11.6 Å². The van der Waals surface area contributed by atoms with Crippen molar-refractivity contribution in [3.63, 3.8) is 0 Å². The molecule has 0 unspecified atom stereocenters. The summed E-state index contributed by atoms with van der Waals surface area (Å²) in [6.07, 6.45) is 1.66. The minimum atomic E-state index is -0.520. The summed E-state index contributed by atoms with van der Waals surface area (Å²) >= 11 is 0. The number of carbonyl (C=O) groups is 1. The topological polar surface area (TPSA) is 93.5 Å². The van der Waals surface area contributed by atoms with Gasteiger partial charge in [0, 0.05) is 18.2 Å². The predicted molar refractivity (Wildman–Crippen MR) is 93.0 cm³/mol. The predicted octanol–water partition coefficient (Wildman–Crippen LogP) is 2.87. The Bertz CT molecular complexity index is 758. The molecular weight excluding hydrogens is 322 g/mol. The normalized spacial score (nSPS) is 14.7. The van der Waals surface area contributed by atoms with Gasteiger partial charge in [-0.1, -0.05) is 18.2 Å². The summed E-state index contributed by atoms with van der Waals surface area (Å²) in [5.74, 6) is 0.497. The average molecular weight is 341 g/mol. The van der Waals surface area contributed by atoms with E-state index in [4.69, 9.17) is 4.74 Å². The molecule has 0 saturated carbocycles. The third-order valence-corrected chi connectivity index (χ3v) is 4.06. The van der Waals surface area contributed by atoms with Crippen molar-refractivity contribution in [1.29, 1.82) is 0 Å². The number of nitrogens with zero attached hydrogens (tertiary/aromatic N) is 1. The maximum absolute atomic E-state index is 12.7. The number of non-ortho nitro benzene ring substituents is 1. The van der Waals surface area contributed by atoms with Gasteiger partial charge in [0.2, 0.25) is 0 Å². The van der Waals surface area contributed by atoms with Gasteiger partial charge in [0.15, 0.2) is 0 Å². The Kier molecular flexibility index (Phi) is 5.25. The average Bonchev–Trinajstić information content (AvgIpc) is 2.63. The minimum absolute atomic E-state index is 0.0533. The van der Waals surface area contributed by atoms with E-state index in [0.29, 0.717) is 11.5 Å². The highest BCUT2D eigenvalue weighted by molar-refractivity contribution is 5.97. The standard InChI is InChI=1S/C18H19N3O4/c22-18(20-13-8-10-19-11-9-13)16-12-14(21(23)24)6-7-17(16)25-15-4-2-1-3-5-15/h1-7,12-13,19H,8-11H2,(H,20,22). The summed E-state index contributed by atoms with van der Waals surface area (Å²) in [5.41, 5.74) is 0.0208. The van der Waals surface area contributed by atoms with Crippen molar-refractivity contribution >= 4 is 11.6 Å². The molecule has 1 heterocycles. The van der Waals surface area contributed by atoms with Crippen LogP contribution in [0.15, 0.2) is 48.5 Å². The van der Waals surface area contributed by atoms with Crippen LogP contribution in [-0.2, 0) is 0 Å². The Morgan fingerprint density at radius 2 is 1.88 bits per heavy atom. The molecule has 1 fully saturated rings. The van der Waals surface area contributed by atoms with E-state index >= 15 is 0 Å². The number of hydrogen-bond donors (Lipinski definition) is 2. The summed E-state index contributed by atoms with van der Waals surface area (Å²) < 4.78 is 5.76. The van der Waals surface area contributed by atoms with Gasteiger partial charge in [-0.2, -0.15) is 0 Å². The molecule has 1 aliphatic heterocycles. The van der Waals surface area contributed by atoms with Crippen LogP contribution >= 0.6 is 0 Å². The maximum Gasteiger partial charge on any atom is 0.270 e. The quantitative estimate of drug-likeness (QED) is 0.644. The summed E-state index contributed by atoms with van der Waals surface area (Å²) in [6.45, 7) is 1.68. The summed E-state index contributed by atoms with van der Waals surface area (Å²) in [6, 6.07) is 13.1. The van der Waals surface area contributed by atoms with Crippen LogP contribution in [-0.4, -0.2) is 30.0 Å². The Morgan fingerprint density at radius 3 is 2.56 bits per heavy atom. The van der Waals surface area contributed by atoms with Crippen molar-refractivity contribution in [3.8, 4) is 11.5 Å². The number of piperidine rings is 1. The van der Waals surface area contributed by atoms with E-state index in [1.807, 2.05) is 18.2 Å². The Morgan fingerprint density at radius 1 is 1.16 bits per heavy atom. The fraction of sp³-hybridized carbons (Fsp3) is 0.278. The van der Waals surface area contributed by atoms with Crippen LogP contribution in [0.4, 0.5) is 5.69 Å². The van der Waals surface area contributed by atoms with Crippen molar-refractivity contribution in [1.82, 2.24) is 10.6 Å². The number of carbonyl (C=O) groups excluding carboxylic acids is 1. The summed E-state index contributed by atoms with van der Waals surface area (Å²) in [7, 11) is 0. The molecule has 3 rings (SSSR count). The molecule has 2 aromatic rings.